The molecule has 0 amide bonds. The van der Waals surface area contributed by atoms with Crippen molar-refractivity contribution in [1.82, 2.24) is 10.2 Å². The summed E-state index contributed by atoms with van der Waals surface area (Å²) in [6, 6.07) is 15.4. The van der Waals surface area contributed by atoms with E-state index < -0.39 is 23.6 Å². The maximum Gasteiger partial charge on any atom is 0.513 e. The lowest BCUT2D eigenvalue weighted by molar-refractivity contribution is -0.431. The fourth-order valence-electron chi connectivity index (χ4n) is 3.93. The number of alkyl halides is 2. The van der Waals surface area contributed by atoms with Gasteiger partial charge in [0.25, 0.3) is 5.70 Å². The van der Waals surface area contributed by atoms with Gasteiger partial charge in [0.2, 0.25) is 0 Å². The summed E-state index contributed by atoms with van der Waals surface area (Å²) in [5.74, 6) is -1.69. The number of nitrogens with one attached hydrogen (secondary N) is 1. The number of carbonyl (C=O) groups is 1. The van der Waals surface area contributed by atoms with Crippen LogP contribution in [0.3, 0.4) is 0 Å². The molecule has 1 unspecified atom stereocenters. The lowest BCUT2D eigenvalue weighted by Gasteiger charge is -2.27. The Hall–Kier alpha value is -3.99. The normalized spacial score (nSPS) is 15.7. The highest BCUT2D eigenvalue weighted by atomic mass is 19.3. The third-order valence-electron chi connectivity index (χ3n) is 5.49. The molecule has 0 saturated heterocycles. The number of dihydropyridines is 1. The van der Waals surface area contributed by atoms with Crippen LogP contribution in [0.15, 0.2) is 77.4 Å². The average Bonchev–Trinajstić information content (AvgIpc) is 2.81. The number of nitro groups is 1. The van der Waals surface area contributed by atoms with Crippen molar-refractivity contribution in [3.8, 4) is 5.75 Å². The van der Waals surface area contributed by atoms with Gasteiger partial charge in [-0.25, -0.2) is 4.79 Å². The number of allylic oxidation sites excluding steroid dienone is 2. The van der Waals surface area contributed by atoms with Crippen molar-refractivity contribution in [3.05, 3.63) is 98.7 Å². The van der Waals surface area contributed by atoms with Crippen LogP contribution >= 0.6 is 0 Å². The van der Waals surface area contributed by atoms with E-state index in [1.54, 1.807) is 6.92 Å². The number of likely N-dealkylation sites (N-methyl/N-ethyl adjacent to an activating group) is 1. The zero-order valence-corrected chi connectivity index (χ0v) is 20.1. The highest BCUT2D eigenvalue weighted by molar-refractivity contribution is 5.63. The first-order valence-corrected chi connectivity index (χ1v) is 11.1. The molecule has 2 aromatic carbocycles. The number of benzene rings is 2. The van der Waals surface area contributed by atoms with E-state index in [1.165, 1.54) is 31.2 Å². The molecular formula is C25H27F2N3O6. The van der Waals surface area contributed by atoms with E-state index in [1.807, 2.05) is 42.3 Å². The van der Waals surface area contributed by atoms with Gasteiger partial charge >= 0.3 is 12.8 Å². The Labute approximate surface area is 207 Å². The maximum absolute atomic E-state index is 13.0. The molecule has 0 aliphatic carbocycles. The van der Waals surface area contributed by atoms with Gasteiger partial charge < -0.3 is 19.5 Å². The number of rotatable bonds is 10. The summed E-state index contributed by atoms with van der Waals surface area (Å²) in [7, 11) is 1.87. The van der Waals surface area contributed by atoms with Crippen LogP contribution < -0.4 is 10.1 Å². The van der Waals surface area contributed by atoms with Crippen molar-refractivity contribution in [2.24, 2.45) is 0 Å². The molecule has 0 spiro atoms. The van der Waals surface area contributed by atoms with E-state index in [4.69, 9.17) is 9.47 Å². The van der Waals surface area contributed by atoms with E-state index in [9.17, 15) is 23.7 Å². The van der Waals surface area contributed by atoms with Gasteiger partial charge in [-0.1, -0.05) is 48.5 Å². The van der Waals surface area contributed by atoms with Gasteiger partial charge in [-0.3, -0.25) is 15.0 Å². The topological polar surface area (TPSA) is 103 Å². The zero-order valence-electron chi connectivity index (χ0n) is 20.1. The van der Waals surface area contributed by atoms with Gasteiger partial charge in [0.15, 0.2) is 0 Å². The Morgan fingerprint density at radius 1 is 1.11 bits per heavy atom. The molecule has 9 nitrogen and oxygen atoms in total. The van der Waals surface area contributed by atoms with E-state index in [2.05, 4.69) is 10.1 Å². The van der Waals surface area contributed by atoms with Crippen molar-refractivity contribution >= 4 is 6.16 Å². The molecule has 0 aromatic heterocycles. The molecule has 1 aliphatic rings. The van der Waals surface area contributed by atoms with Crippen LogP contribution in [0.5, 0.6) is 5.75 Å². The van der Waals surface area contributed by atoms with Crippen LogP contribution in [-0.4, -0.2) is 42.8 Å². The molecular weight excluding hydrogens is 476 g/mol. The minimum atomic E-state index is -3.15. The SMILES string of the molecule is CC1=C(OC(=O)OCCN(C)Cc2ccccc2)C(c2ccccc2OC(F)F)C([N+](=O)[O-])=C(C)N1. The number of carbonyl (C=O) groups excluding carboxylic acids is 1. The first kappa shape index (κ1) is 26.6. The van der Waals surface area contributed by atoms with Crippen LogP contribution in [0.4, 0.5) is 13.6 Å². The Balaban J connectivity index is 1.76. The standard InChI is InChI=1S/C25H27F2N3O6/c1-16-22(30(32)33)21(19-11-7-8-12-20(19)35-24(26)27)23(17(2)28-16)36-25(31)34-14-13-29(3)15-18-9-5-4-6-10-18/h4-12,21,24,28H,13-15H2,1-3H3. The second-order valence-corrected chi connectivity index (χ2v) is 8.15. The molecule has 1 atom stereocenters. The number of halogens is 2. The fourth-order valence-corrected chi connectivity index (χ4v) is 3.93. The van der Waals surface area contributed by atoms with Crippen molar-refractivity contribution in [2.75, 3.05) is 20.2 Å². The van der Waals surface area contributed by atoms with Gasteiger partial charge in [0.05, 0.1) is 16.3 Å². The maximum atomic E-state index is 13.0. The third-order valence-corrected chi connectivity index (χ3v) is 5.49. The summed E-state index contributed by atoms with van der Waals surface area (Å²) >= 11 is 0. The van der Waals surface area contributed by atoms with Crippen molar-refractivity contribution in [2.45, 2.75) is 32.9 Å². The number of hydrogen-bond donors (Lipinski definition) is 1. The molecule has 1 heterocycles. The highest BCUT2D eigenvalue weighted by Gasteiger charge is 2.41. The molecule has 3 rings (SSSR count). The Kier molecular flexibility index (Phi) is 8.96. The molecule has 1 aliphatic heterocycles. The van der Waals surface area contributed by atoms with Crippen molar-refractivity contribution in [3.63, 3.8) is 0 Å². The van der Waals surface area contributed by atoms with Crippen LogP contribution in [0.1, 0.15) is 30.9 Å². The molecule has 0 fully saturated rings. The van der Waals surface area contributed by atoms with Crippen molar-refractivity contribution < 1.29 is 32.7 Å². The van der Waals surface area contributed by atoms with E-state index >= 15 is 0 Å². The minimum absolute atomic E-state index is 0.00856. The number of para-hydroxylation sites is 1. The summed E-state index contributed by atoms with van der Waals surface area (Å²) in [6.07, 6.45) is -1.07. The number of ether oxygens (including phenoxy) is 3. The molecule has 0 bridgehead atoms. The van der Waals surface area contributed by atoms with Gasteiger partial charge in [0.1, 0.15) is 24.0 Å². The Morgan fingerprint density at radius 2 is 1.78 bits per heavy atom. The Morgan fingerprint density at radius 3 is 2.44 bits per heavy atom. The summed E-state index contributed by atoms with van der Waals surface area (Å²) in [6.45, 7) is 0.947. The van der Waals surface area contributed by atoms with E-state index in [0.29, 0.717) is 18.8 Å². The highest BCUT2D eigenvalue weighted by Crippen LogP contribution is 2.42. The summed E-state index contributed by atoms with van der Waals surface area (Å²) in [5.41, 5.74) is 1.26. The molecule has 192 valence electrons. The molecule has 36 heavy (non-hydrogen) atoms. The fraction of sp³-hybridized carbons (Fsp3) is 0.320. The summed E-state index contributed by atoms with van der Waals surface area (Å²) < 4.78 is 41.3. The van der Waals surface area contributed by atoms with Crippen LogP contribution in [0, 0.1) is 10.1 Å². The molecule has 2 aromatic rings. The summed E-state index contributed by atoms with van der Waals surface area (Å²) in [4.78, 5) is 25.8. The van der Waals surface area contributed by atoms with E-state index in [0.717, 1.165) is 5.56 Å². The van der Waals surface area contributed by atoms with Crippen LogP contribution in [0.25, 0.3) is 0 Å². The molecule has 0 radical (unpaired) electrons. The van der Waals surface area contributed by atoms with Gasteiger partial charge in [-0.15, -0.1) is 0 Å². The third kappa shape index (κ3) is 6.79. The quantitative estimate of drug-likeness (QED) is 0.275. The van der Waals surface area contributed by atoms with Crippen LogP contribution in [0.2, 0.25) is 0 Å². The summed E-state index contributed by atoms with van der Waals surface area (Å²) in [5, 5.41) is 14.8. The average molecular weight is 504 g/mol. The van der Waals surface area contributed by atoms with Crippen LogP contribution in [-0.2, 0) is 16.0 Å². The lowest BCUT2D eigenvalue weighted by Crippen LogP contribution is -2.30. The predicted molar refractivity (Wildman–Crippen MR) is 127 cm³/mol. The van der Waals surface area contributed by atoms with Crippen molar-refractivity contribution in [1.29, 1.82) is 0 Å². The number of nitrogens with zero attached hydrogens (tertiary/aromatic N) is 2. The molecule has 0 saturated carbocycles. The lowest BCUT2D eigenvalue weighted by atomic mass is 9.89. The number of hydrogen-bond acceptors (Lipinski definition) is 8. The predicted octanol–water partition coefficient (Wildman–Crippen LogP) is 5.00. The smallest absolute Gasteiger partial charge is 0.435 e. The molecule has 1 N–H and O–H groups in total. The van der Waals surface area contributed by atoms with Gasteiger partial charge in [0, 0.05) is 18.7 Å². The van der Waals surface area contributed by atoms with Gasteiger partial charge in [-0.05, 0) is 32.5 Å². The first-order valence-electron chi connectivity index (χ1n) is 11.1. The second-order valence-electron chi connectivity index (χ2n) is 8.15. The largest absolute Gasteiger partial charge is 0.513 e. The van der Waals surface area contributed by atoms with Gasteiger partial charge in [-0.2, -0.15) is 8.78 Å². The Bertz CT molecular complexity index is 1150. The zero-order chi connectivity index (χ0) is 26.2. The first-order chi connectivity index (χ1) is 17.2. The second kappa shape index (κ2) is 12.1. The molecule has 11 heteroatoms. The minimum Gasteiger partial charge on any atom is -0.435 e. The van der Waals surface area contributed by atoms with E-state index in [-0.39, 0.29) is 35.1 Å². The monoisotopic (exact) mass is 503 g/mol.